The summed E-state index contributed by atoms with van der Waals surface area (Å²) in [6.45, 7) is 0. The monoisotopic (exact) mass is 461 g/mol. The molecule has 29 heavy (non-hydrogen) atoms. The maximum atomic E-state index is 12.9. The van der Waals surface area contributed by atoms with Crippen LogP contribution in [0.1, 0.15) is 12.0 Å². The lowest BCUT2D eigenvalue weighted by atomic mass is 10.1. The van der Waals surface area contributed by atoms with Crippen molar-refractivity contribution in [2.45, 2.75) is 6.42 Å². The normalized spacial score (nSPS) is 19.1. The Labute approximate surface area is 180 Å². The molecule has 6 heteroatoms. The second-order valence-corrected chi connectivity index (χ2v) is 8.64. The van der Waals surface area contributed by atoms with E-state index in [4.69, 9.17) is 5.41 Å². The van der Waals surface area contributed by atoms with Crippen LogP contribution in [0.4, 0.5) is 5.69 Å². The van der Waals surface area contributed by atoms with E-state index in [1.165, 1.54) is 16.7 Å². The van der Waals surface area contributed by atoms with E-state index in [0.29, 0.717) is 0 Å². The first-order chi connectivity index (χ1) is 14.1. The third kappa shape index (κ3) is 3.18. The van der Waals surface area contributed by atoms with Crippen LogP contribution < -0.4 is 10.2 Å². The van der Waals surface area contributed by atoms with Crippen molar-refractivity contribution >= 4 is 61.6 Å². The minimum Gasteiger partial charge on any atom is -0.349 e. The smallest absolute Gasteiger partial charge is 0.237 e. The number of amides is 1. The van der Waals surface area contributed by atoms with Gasteiger partial charge in [0, 0.05) is 20.8 Å². The summed E-state index contributed by atoms with van der Waals surface area (Å²) in [4.78, 5) is 14.4. The molecule has 4 nitrogen and oxygen atoms in total. The molecule has 0 bridgehead atoms. The fourth-order valence-electron chi connectivity index (χ4n) is 3.63. The van der Waals surface area contributed by atoms with E-state index in [0.717, 1.165) is 42.8 Å². The molecule has 1 fully saturated rings. The van der Waals surface area contributed by atoms with Crippen LogP contribution in [0.3, 0.4) is 0 Å². The third-order valence-corrected chi connectivity index (χ3v) is 6.53. The zero-order valence-corrected chi connectivity index (χ0v) is 17.7. The Morgan fingerprint density at radius 2 is 1.76 bits per heavy atom. The van der Waals surface area contributed by atoms with Gasteiger partial charge in [0.2, 0.25) is 5.91 Å². The lowest BCUT2D eigenvalue weighted by Gasteiger charge is -2.18. The van der Waals surface area contributed by atoms with Crippen LogP contribution in [0.15, 0.2) is 87.2 Å². The highest BCUT2D eigenvalue weighted by atomic mass is 79.9. The number of carbonyl (C=O) groups is 1. The van der Waals surface area contributed by atoms with Gasteiger partial charge < -0.3 is 5.32 Å². The molecule has 0 unspecified atom stereocenters. The summed E-state index contributed by atoms with van der Waals surface area (Å²) in [5.41, 5.74) is 3.54. The molecule has 0 saturated carbocycles. The van der Waals surface area contributed by atoms with Gasteiger partial charge in [-0.25, -0.2) is 0 Å². The Morgan fingerprint density at radius 1 is 1.00 bits per heavy atom. The molecule has 0 radical (unpaired) electrons. The van der Waals surface area contributed by atoms with Crippen LogP contribution in [0.2, 0.25) is 0 Å². The number of anilines is 1. The largest absolute Gasteiger partial charge is 0.349 e. The molecular formula is C23H16BrN3OS. The van der Waals surface area contributed by atoms with Crippen molar-refractivity contribution in [3.63, 3.8) is 0 Å². The average molecular weight is 462 g/mol. The van der Waals surface area contributed by atoms with Crippen molar-refractivity contribution in [3.05, 3.63) is 92.8 Å². The number of nitrogens with zero attached hydrogens (tertiary/aromatic N) is 1. The Hall–Kier alpha value is -2.83. The first kappa shape index (κ1) is 18.2. The quantitative estimate of drug-likeness (QED) is 0.502. The molecule has 3 aromatic rings. The van der Waals surface area contributed by atoms with Gasteiger partial charge in [0.15, 0.2) is 0 Å². The highest BCUT2D eigenvalue weighted by Gasteiger charge is 2.36. The fourth-order valence-corrected chi connectivity index (χ4v) is 4.81. The first-order valence-corrected chi connectivity index (χ1v) is 10.8. The van der Waals surface area contributed by atoms with Gasteiger partial charge in [-0.05, 0) is 29.1 Å². The third-order valence-electron chi connectivity index (χ3n) is 5.07. The van der Waals surface area contributed by atoms with Crippen molar-refractivity contribution in [3.8, 4) is 0 Å². The number of amidine groups is 1. The molecule has 2 heterocycles. The van der Waals surface area contributed by atoms with Gasteiger partial charge in [-0.1, -0.05) is 76.2 Å². The lowest BCUT2D eigenvalue weighted by Crippen LogP contribution is -2.29. The highest BCUT2D eigenvalue weighted by molar-refractivity contribution is 9.10. The summed E-state index contributed by atoms with van der Waals surface area (Å²) in [6, 6.07) is 21.9. The highest BCUT2D eigenvalue weighted by Crippen LogP contribution is 2.38. The van der Waals surface area contributed by atoms with Gasteiger partial charge >= 0.3 is 0 Å². The minimum atomic E-state index is -0.0756. The van der Waals surface area contributed by atoms with Crippen molar-refractivity contribution in [1.82, 2.24) is 5.32 Å². The van der Waals surface area contributed by atoms with E-state index in [9.17, 15) is 4.79 Å². The van der Waals surface area contributed by atoms with Gasteiger partial charge in [0.05, 0.1) is 22.8 Å². The van der Waals surface area contributed by atoms with Gasteiger partial charge in [-0.15, -0.1) is 0 Å². The number of rotatable bonds is 2. The number of fused-ring (bicyclic) bond motifs is 1. The van der Waals surface area contributed by atoms with E-state index < -0.39 is 0 Å². The summed E-state index contributed by atoms with van der Waals surface area (Å²) in [6.07, 6.45) is 0.221. The number of hydrogen-bond acceptors (Lipinski definition) is 4. The average Bonchev–Trinajstić information content (AvgIpc) is 3.33. The van der Waals surface area contributed by atoms with Crippen LogP contribution in [0.25, 0.3) is 16.5 Å². The number of halogens is 1. The van der Waals surface area contributed by atoms with Crippen molar-refractivity contribution in [2.24, 2.45) is 0 Å². The summed E-state index contributed by atoms with van der Waals surface area (Å²) in [7, 11) is 0. The SMILES string of the molecule is N=C1/C(=C2\NC(c3ccc(Br)cc3)=CS2)CC(=O)N1c1cccc2ccccc12. The molecule has 2 aliphatic heterocycles. The van der Waals surface area contributed by atoms with Gasteiger partial charge in [-0.2, -0.15) is 0 Å². The van der Waals surface area contributed by atoms with Crippen molar-refractivity contribution in [1.29, 1.82) is 5.41 Å². The molecule has 5 rings (SSSR count). The molecule has 0 aromatic heterocycles. The Bertz CT molecular complexity index is 1230. The minimum absolute atomic E-state index is 0.0756. The zero-order chi connectivity index (χ0) is 20.0. The van der Waals surface area contributed by atoms with E-state index >= 15 is 0 Å². The topological polar surface area (TPSA) is 56.2 Å². The maximum Gasteiger partial charge on any atom is 0.237 e. The number of benzene rings is 3. The van der Waals surface area contributed by atoms with Gasteiger partial charge in [0.1, 0.15) is 5.84 Å². The maximum absolute atomic E-state index is 12.9. The molecule has 2 aliphatic rings. The second kappa shape index (κ2) is 7.21. The van der Waals surface area contributed by atoms with Gasteiger partial charge in [-0.3, -0.25) is 15.1 Å². The standard InChI is InChI=1S/C23H16BrN3OS/c24-16-10-8-15(9-11-16)19-13-29-23(26-19)18-12-21(28)27(22(18)25)20-7-3-5-14-4-1-2-6-17(14)20/h1-11,13,25-26H,12H2/b23-18+,25-22?. The molecule has 1 amide bonds. The summed E-state index contributed by atoms with van der Waals surface area (Å²) < 4.78 is 1.03. The second-order valence-electron chi connectivity index (χ2n) is 6.84. The van der Waals surface area contributed by atoms with E-state index in [1.54, 1.807) is 0 Å². The van der Waals surface area contributed by atoms with Crippen LogP contribution >= 0.6 is 27.7 Å². The molecule has 142 valence electrons. The Morgan fingerprint density at radius 3 is 2.59 bits per heavy atom. The summed E-state index contributed by atoms with van der Waals surface area (Å²) in [5.74, 6) is 0.167. The number of thioether (sulfide) groups is 1. The number of carbonyl (C=O) groups excluding carboxylic acids is 1. The summed E-state index contributed by atoms with van der Waals surface area (Å²) >= 11 is 4.98. The molecule has 0 spiro atoms. The predicted molar refractivity (Wildman–Crippen MR) is 124 cm³/mol. The first-order valence-electron chi connectivity index (χ1n) is 9.14. The number of hydrogen-bond donors (Lipinski definition) is 2. The van der Waals surface area contributed by atoms with Crippen LogP contribution in [0.5, 0.6) is 0 Å². The molecular weight excluding hydrogens is 446 g/mol. The predicted octanol–water partition coefficient (Wildman–Crippen LogP) is 5.86. The Kier molecular flexibility index (Phi) is 4.53. The molecule has 0 atom stereocenters. The summed E-state index contributed by atoms with van der Waals surface area (Å²) in [5, 5.41) is 17.0. The van der Waals surface area contributed by atoms with Crippen molar-refractivity contribution < 1.29 is 4.79 Å². The van der Waals surface area contributed by atoms with E-state index in [1.807, 2.05) is 72.1 Å². The van der Waals surface area contributed by atoms with Crippen LogP contribution in [0, 0.1) is 5.41 Å². The van der Waals surface area contributed by atoms with Crippen LogP contribution in [-0.2, 0) is 4.79 Å². The van der Waals surface area contributed by atoms with Crippen LogP contribution in [-0.4, -0.2) is 11.7 Å². The van der Waals surface area contributed by atoms with E-state index in [-0.39, 0.29) is 18.2 Å². The fraction of sp³-hybridized carbons (Fsp3) is 0.0435. The van der Waals surface area contributed by atoms with Crippen molar-refractivity contribution in [2.75, 3.05) is 4.90 Å². The van der Waals surface area contributed by atoms with Gasteiger partial charge in [0.25, 0.3) is 0 Å². The molecule has 0 aliphatic carbocycles. The Balaban J connectivity index is 1.48. The van der Waals surface area contributed by atoms with E-state index in [2.05, 4.69) is 21.2 Å². The lowest BCUT2D eigenvalue weighted by molar-refractivity contribution is -0.116. The number of nitrogens with one attached hydrogen (secondary N) is 2. The molecule has 1 saturated heterocycles. The zero-order valence-electron chi connectivity index (χ0n) is 15.3. The molecule has 2 N–H and O–H groups in total. The molecule has 3 aromatic carbocycles.